The van der Waals surface area contributed by atoms with E-state index >= 15 is 0 Å². The molecule has 0 saturated heterocycles. The van der Waals surface area contributed by atoms with Crippen LogP contribution in [0.5, 0.6) is 5.75 Å². The van der Waals surface area contributed by atoms with Crippen LogP contribution < -0.4 is 4.72 Å². The van der Waals surface area contributed by atoms with Crippen LogP contribution in [-0.4, -0.2) is 30.4 Å². The Morgan fingerprint density at radius 2 is 2.00 bits per heavy atom. The van der Waals surface area contributed by atoms with Crippen LogP contribution in [0.3, 0.4) is 0 Å². The lowest BCUT2D eigenvalue weighted by atomic mass is 10.3. The maximum Gasteiger partial charge on any atom is 0.389 e. The Bertz CT molecular complexity index is 543. The zero-order valence-electron chi connectivity index (χ0n) is 10.0. The first-order valence-electron chi connectivity index (χ1n) is 5.33. The summed E-state index contributed by atoms with van der Waals surface area (Å²) in [4.78, 5) is 3.75. The molecule has 0 unspecified atom stereocenters. The standard InChI is InChI=1S/C10H13F3N2O3S/c1-7-3-4-8(16)9(14-7)15-19(17,18)6-2-5-10(11,12)13/h3-4,16H,2,5-6H2,1H3,(H,14,15). The first kappa shape index (κ1) is 15.5. The second-order valence-electron chi connectivity index (χ2n) is 3.96. The molecule has 0 radical (unpaired) electrons. The van der Waals surface area contributed by atoms with E-state index in [0.29, 0.717) is 5.69 Å². The molecule has 108 valence electrons. The Morgan fingerprint density at radius 3 is 2.58 bits per heavy atom. The zero-order chi connectivity index (χ0) is 14.7. The summed E-state index contributed by atoms with van der Waals surface area (Å²) in [7, 11) is -3.97. The molecule has 1 aromatic heterocycles. The highest BCUT2D eigenvalue weighted by Crippen LogP contribution is 2.24. The highest BCUT2D eigenvalue weighted by Gasteiger charge is 2.27. The van der Waals surface area contributed by atoms with Gasteiger partial charge in [-0.25, -0.2) is 13.4 Å². The van der Waals surface area contributed by atoms with Crippen molar-refractivity contribution in [1.82, 2.24) is 4.98 Å². The molecule has 0 saturated carbocycles. The van der Waals surface area contributed by atoms with Crippen molar-refractivity contribution in [2.24, 2.45) is 0 Å². The highest BCUT2D eigenvalue weighted by atomic mass is 32.2. The summed E-state index contributed by atoms with van der Waals surface area (Å²) >= 11 is 0. The minimum atomic E-state index is -4.39. The number of aromatic hydroxyl groups is 1. The number of nitrogens with one attached hydrogen (secondary N) is 1. The Labute approximate surface area is 108 Å². The minimum Gasteiger partial charge on any atom is -0.504 e. The summed E-state index contributed by atoms with van der Waals surface area (Å²) in [5, 5.41) is 9.38. The molecular weight excluding hydrogens is 285 g/mol. The number of sulfonamides is 1. The van der Waals surface area contributed by atoms with E-state index in [2.05, 4.69) is 4.98 Å². The molecule has 0 aliphatic rings. The van der Waals surface area contributed by atoms with E-state index in [9.17, 15) is 26.7 Å². The van der Waals surface area contributed by atoms with Gasteiger partial charge < -0.3 is 5.11 Å². The first-order chi connectivity index (χ1) is 8.59. The van der Waals surface area contributed by atoms with Gasteiger partial charge in [0.25, 0.3) is 0 Å². The molecule has 0 bridgehead atoms. The smallest absolute Gasteiger partial charge is 0.389 e. The lowest BCUT2D eigenvalue weighted by Gasteiger charge is -2.10. The summed E-state index contributed by atoms with van der Waals surface area (Å²) in [5.74, 6) is -1.36. The van der Waals surface area contributed by atoms with Crippen LogP contribution in [0.4, 0.5) is 19.0 Å². The van der Waals surface area contributed by atoms with Crippen LogP contribution in [0.15, 0.2) is 12.1 Å². The molecule has 19 heavy (non-hydrogen) atoms. The van der Waals surface area contributed by atoms with Crippen molar-refractivity contribution in [1.29, 1.82) is 0 Å². The number of anilines is 1. The molecule has 0 aliphatic carbocycles. The molecule has 1 aromatic rings. The van der Waals surface area contributed by atoms with E-state index in [-0.39, 0.29) is 11.6 Å². The number of pyridine rings is 1. The van der Waals surface area contributed by atoms with Gasteiger partial charge in [0.05, 0.1) is 5.75 Å². The third kappa shape index (κ3) is 5.77. The van der Waals surface area contributed by atoms with E-state index in [1.165, 1.54) is 12.1 Å². The minimum absolute atomic E-state index is 0.285. The van der Waals surface area contributed by atoms with Gasteiger partial charge in [-0.15, -0.1) is 0 Å². The average molecular weight is 298 g/mol. The van der Waals surface area contributed by atoms with Gasteiger partial charge in [0.1, 0.15) is 0 Å². The molecular formula is C10H13F3N2O3S. The number of alkyl halides is 3. The van der Waals surface area contributed by atoms with E-state index in [1.807, 2.05) is 4.72 Å². The van der Waals surface area contributed by atoms with Crippen molar-refractivity contribution in [2.45, 2.75) is 25.9 Å². The zero-order valence-corrected chi connectivity index (χ0v) is 10.8. The monoisotopic (exact) mass is 298 g/mol. The van der Waals surface area contributed by atoms with Crippen molar-refractivity contribution in [3.05, 3.63) is 17.8 Å². The quantitative estimate of drug-likeness (QED) is 0.873. The maximum absolute atomic E-state index is 11.9. The van der Waals surface area contributed by atoms with Crippen molar-refractivity contribution in [2.75, 3.05) is 10.5 Å². The number of aryl methyl sites for hydroxylation is 1. The Morgan fingerprint density at radius 1 is 1.37 bits per heavy atom. The molecule has 0 amide bonds. The first-order valence-corrected chi connectivity index (χ1v) is 6.98. The predicted molar refractivity (Wildman–Crippen MR) is 63.3 cm³/mol. The number of nitrogens with zero attached hydrogens (tertiary/aromatic N) is 1. The number of aromatic nitrogens is 1. The summed E-state index contributed by atoms with van der Waals surface area (Å²) in [6, 6.07) is 2.71. The Hall–Kier alpha value is -1.51. The van der Waals surface area contributed by atoms with Crippen LogP contribution in [0, 0.1) is 6.92 Å². The van der Waals surface area contributed by atoms with Gasteiger partial charge in [0, 0.05) is 12.1 Å². The summed E-state index contributed by atoms with van der Waals surface area (Å²) < 4.78 is 60.7. The van der Waals surface area contributed by atoms with Crippen LogP contribution in [0.1, 0.15) is 18.5 Å². The number of hydrogen-bond donors (Lipinski definition) is 2. The van der Waals surface area contributed by atoms with E-state index in [4.69, 9.17) is 0 Å². The van der Waals surface area contributed by atoms with Crippen LogP contribution in [-0.2, 0) is 10.0 Å². The fourth-order valence-electron chi connectivity index (χ4n) is 1.29. The molecule has 0 aliphatic heterocycles. The largest absolute Gasteiger partial charge is 0.504 e. The Kier molecular flexibility index (Phi) is 4.61. The molecule has 1 rings (SSSR count). The second kappa shape index (κ2) is 5.64. The van der Waals surface area contributed by atoms with Gasteiger partial charge in [0.2, 0.25) is 10.0 Å². The highest BCUT2D eigenvalue weighted by molar-refractivity contribution is 7.92. The number of hydrogen-bond acceptors (Lipinski definition) is 4. The van der Waals surface area contributed by atoms with Crippen LogP contribution >= 0.6 is 0 Å². The fourth-order valence-corrected chi connectivity index (χ4v) is 2.36. The normalized spacial score (nSPS) is 12.4. The van der Waals surface area contributed by atoms with Gasteiger partial charge in [-0.2, -0.15) is 13.2 Å². The van der Waals surface area contributed by atoms with Gasteiger partial charge in [-0.3, -0.25) is 4.72 Å². The number of rotatable bonds is 5. The summed E-state index contributed by atoms with van der Waals surface area (Å²) in [5.41, 5.74) is 0.464. The number of halogens is 3. The molecule has 0 fully saturated rings. The third-order valence-corrected chi connectivity index (χ3v) is 3.47. The topological polar surface area (TPSA) is 79.3 Å². The van der Waals surface area contributed by atoms with Gasteiger partial charge >= 0.3 is 6.18 Å². The molecule has 2 N–H and O–H groups in total. The van der Waals surface area contributed by atoms with Crippen LogP contribution in [0.25, 0.3) is 0 Å². The summed E-state index contributed by atoms with van der Waals surface area (Å²) in [6.45, 7) is 1.58. The third-order valence-electron chi connectivity index (χ3n) is 2.14. The van der Waals surface area contributed by atoms with Crippen molar-refractivity contribution < 1.29 is 26.7 Å². The van der Waals surface area contributed by atoms with E-state index in [1.54, 1.807) is 6.92 Å². The van der Waals surface area contributed by atoms with Crippen molar-refractivity contribution >= 4 is 15.8 Å². The molecule has 9 heteroatoms. The lowest BCUT2D eigenvalue weighted by Crippen LogP contribution is -2.19. The fraction of sp³-hybridized carbons (Fsp3) is 0.500. The van der Waals surface area contributed by atoms with E-state index < -0.39 is 34.8 Å². The molecule has 0 spiro atoms. The second-order valence-corrected chi connectivity index (χ2v) is 5.80. The van der Waals surface area contributed by atoms with Crippen molar-refractivity contribution in [3.8, 4) is 5.75 Å². The van der Waals surface area contributed by atoms with Crippen LogP contribution in [0.2, 0.25) is 0 Å². The van der Waals surface area contributed by atoms with Gasteiger partial charge in [0.15, 0.2) is 11.6 Å². The SMILES string of the molecule is Cc1ccc(O)c(NS(=O)(=O)CCCC(F)(F)F)n1. The maximum atomic E-state index is 11.9. The molecule has 5 nitrogen and oxygen atoms in total. The van der Waals surface area contributed by atoms with E-state index in [0.717, 1.165) is 0 Å². The molecule has 0 atom stereocenters. The van der Waals surface area contributed by atoms with Crippen molar-refractivity contribution in [3.63, 3.8) is 0 Å². The van der Waals surface area contributed by atoms with Gasteiger partial charge in [-0.05, 0) is 25.5 Å². The average Bonchev–Trinajstić information content (AvgIpc) is 2.20. The molecule has 1 heterocycles. The predicted octanol–water partition coefficient (Wildman–Crippen LogP) is 2.18. The van der Waals surface area contributed by atoms with Gasteiger partial charge in [-0.1, -0.05) is 0 Å². The summed E-state index contributed by atoms with van der Waals surface area (Å²) in [6.07, 6.45) is -6.12. The Balaban J connectivity index is 2.67. The molecule has 0 aromatic carbocycles. The lowest BCUT2D eigenvalue weighted by molar-refractivity contribution is -0.134.